The quantitative estimate of drug-likeness (QED) is 0.792. The van der Waals surface area contributed by atoms with E-state index >= 15 is 0 Å². The molecule has 1 rings (SSSR count). The van der Waals surface area contributed by atoms with Crippen molar-refractivity contribution in [3.8, 4) is 0 Å². The minimum Gasteiger partial charge on any atom is -0.481 e. The van der Waals surface area contributed by atoms with Gasteiger partial charge in [0.15, 0.2) is 0 Å². The highest BCUT2D eigenvalue weighted by Gasteiger charge is 2.36. The average Bonchev–Trinajstić information content (AvgIpc) is 2.43. The van der Waals surface area contributed by atoms with Crippen molar-refractivity contribution in [1.29, 1.82) is 0 Å². The lowest BCUT2D eigenvalue weighted by Gasteiger charge is -2.29. The zero-order valence-corrected chi connectivity index (χ0v) is 12.4. The number of rotatable bonds is 5. The van der Waals surface area contributed by atoms with Gasteiger partial charge in [0.25, 0.3) is 0 Å². The second kappa shape index (κ2) is 8.98. The Balaban J connectivity index is 2.64. The Morgan fingerprint density at radius 1 is 0.800 bits per heavy atom. The molecule has 0 atom stereocenters. The van der Waals surface area contributed by atoms with Gasteiger partial charge in [-0.3, -0.25) is 9.59 Å². The number of carboxylic acid groups (broad SMARTS) is 2. The summed E-state index contributed by atoms with van der Waals surface area (Å²) < 4.78 is 0. The van der Waals surface area contributed by atoms with Crippen LogP contribution in [0.25, 0.3) is 0 Å². The standard InChI is InChI=1S/C16H28O4/c17-14(18)10-9-13-16(15(19)20)11-7-5-3-1-2-4-6-8-12-16/h1-13H2,(H,17,18)(H,19,20). The van der Waals surface area contributed by atoms with Gasteiger partial charge in [-0.25, -0.2) is 0 Å². The summed E-state index contributed by atoms with van der Waals surface area (Å²) in [5.41, 5.74) is -0.681. The molecule has 0 aromatic rings. The van der Waals surface area contributed by atoms with Gasteiger partial charge in [-0.1, -0.05) is 51.4 Å². The fourth-order valence-electron chi connectivity index (χ4n) is 3.26. The zero-order valence-electron chi connectivity index (χ0n) is 12.4. The van der Waals surface area contributed by atoms with Crippen LogP contribution in [0, 0.1) is 5.41 Å². The summed E-state index contributed by atoms with van der Waals surface area (Å²) in [4.78, 5) is 22.4. The van der Waals surface area contributed by atoms with Gasteiger partial charge in [0.05, 0.1) is 5.41 Å². The molecular formula is C16H28O4. The monoisotopic (exact) mass is 284 g/mol. The summed E-state index contributed by atoms with van der Waals surface area (Å²) in [6.07, 6.45) is 11.5. The summed E-state index contributed by atoms with van der Waals surface area (Å²) in [6.45, 7) is 0. The van der Waals surface area contributed by atoms with Crippen LogP contribution < -0.4 is 0 Å². The lowest BCUT2D eigenvalue weighted by atomic mass is 9.74. The average molecular weight is 284 g/mol. The van der Waals surface area contributed by atoms with Gasteiger partial charge in [-0.15, -0.1) is 0 Å². The van der Waals surface area contributed by atoms with Gasteiger partial charge in [-0.05, 0) is 25.7 Å². The highest BCUT2D eigenvalue weighted by Crippen LogP contribution is 2.38. The molecular weight excluding hydrogens is 256 g/mol. The van der Waals surface area contributed by atoms with Crippen LogP contribution in [0.5, 0.6) is 0 Å². The summed E-state index contributed by atoms with van der Waals surface area (Å²) in [5, 5.41) is 18.4. The van der Waals surface area contributed by atoms with Crippen LogP contribution in [0.4, 0.5) is 0 Å². The number of hydrogen-bond acceptors (Lipinski definition) is 2. The molecule has 0 bridgehead atoms. The molecule has 1 saturated carbocycles. The van der Waals surface area contributed by atoms with E-state index in [1.54, 1.807) is 0 Å². The first-order valence-corrected chi connectivity index (χ1v) is 8.02. The third kappa shape index (κ3) is 5.93. The van der Waals surface area contributed by atoms with Crippen molar-refractivity contribution in [1.82, 2.24) is 0 Å². The molecule has 1 aliphatic carbocycles. The van der Waals surface area contributed by atoms with Crippen molar-refractivity contribution >= 4 is 11.9 Å². The molecule has 0 heterocycles. The van der Waals surface area contributed by atoms with Gasteiger partial charge < -0.3 is 10.2 Å². The zero-order chi connectivity index (χ0) is 14.8. The van der Waals surface area contributed by atoms with Gasteiger partial charge in [0.1, 0.15) is 0 Å². The fraction of sp³-hybridized carbons (Fsp3) is 0.875. The third-order valence-corrected chi connectivity index (χ3v) is 4.56. The van der Waals surface area contributed by atoms with Crippen molar-refractivity contribution < 1.29 is 19.8 Å². The number of carboxylic acids is 2. The summed E-state index contributed by atoms with van der Waals surface area (Å²) in [7, 11) is 0. The highest BCUT2D eigenvalue weighted by atomic mass is 16.4. The predicted octanol–water partition coefficient (Wildman–Crippen LogP) is 4.23. The first kappa shape index (κ1) is 17.0. The van der Waals surface area contributed by atoms with E-state index in [0.29, 0.717) is 25.7 Å². The molecule has 4 nitrogen and oxygen atoms in total. The molecule has 0 aliphatic heterocycles. The third-order valence-electron chi connectivity index (χ3n) is 4.56. The van der Waals surface area contributed by atoms with Crippen LogP contribution in [0.2, 0.25) is 0 Å². The van der Waals surface area contributed by atoms with E-state index in [1.807, 2.05) is 0 Å². The summed E-state index contributed by atoms with van der Waals surface area (Å²) >= 11 is 0. The smallest absolute Gasteiger partial charge is 0.309 e. The first-order valence-electron chi connectivity index (χ1n) is 8.02. The van der Waals surface area contributed by atoms with Crippen molar-refractivity contribution in [2.75, 3.05) is 0 Å². The number of aliphatic carboxylic acids is 2. The Bertz CT molecular complexity index is 300. The van der Waals surface area contributed by atoms with Crippen LogP contribution in [-0.4, -0.2) is 22.2 Å². The van der Waals surface area contributed by atoms with Gasteiger partial charge in [0, 0.05) is 6.42 Å². The van der Waals surface area contributed by atoms with Crippen LogP contribution in [0.3, 0.4) is 0 Å². The maximum atomic E-state index is 11.8. The predicted molar refractivity (Wildman–Crippen MR) is 77.7 cm³/mol. The van der Waals surface area contributed by atoms with E-state index in [2.05, 4.69) is 0 Å². The van der Waals surface area contributed by atoms with Crippen LogP contribution in [-0.2, 0) is 9.59 Å². The normalized spacial score (nSPS) is 20.8. The molecule has 0 spiro atoms. The molecule has 1 fully saturated rings. The first-order chi connectivity index (χ1) is 9.57. The number of hydrogen-bond donors (Lipinski definition) is 2. The maximum absolute atomic E-state index is 11.8. The van der Waals surface area contributed by atoms with Crippen LogP contribution in [0.15, 0.2) is 0 Å². The Morgan fingerprint density at radius 2 is 1.25 bits per heavy atom. The number of carbonyl (C=O) groups is 2. The van der Waals surface area contributed by atoms with E-state index in [9.17, 15) is 14.7 Å². The molecule has 0 radical (unpaired) electrons. The summed E-state index contributed by atoms with van der Waals surface area (Å²) in [5.74, 6) is -1.55. The molecule has 0 aromatic heterocycles. The van der Waals surface area contributed by atoms with Crippen LogP contribution in [0.1, 0.15) is 83.5 Å². The second-order valence-electron chi connectivity index (χ2n) is 6.16. The van der Waals surface area contributed by atoms with Crippen molar-refractivity contribution in [3.63, 3.8) is 0 Å². The Labute approximate surface area is 121 Å². The Hall–Kier alpha value is -1.06. The molecule has 0 amide bonds. The molecule has 2 N–H and O–H groups in total. The van der Waals surface area contributed by atoms with E-state index in [4.69, 9.17) is 5.11 Å². The van der Waals surface area contributed by atoms with Gasteiger partial charge in [0.2, 0.25) is 0 Å². The van der Waals surface area contributed by atoms with E-state index < -0.39 is 17.4 Å². The minimum atomic E-state index is -0.831. The topological polar surface area (TPSA) is 74.6 Å². The molecule has 0 unspecified atom stereocenters. The fourth-order valence-corrected chi connectivity index (χ4v) is 3.26. The second-order valence-corrected chi connectivity index (χ2v) is 6.16. The largest absolute Gasteiger partial charge is 0.481 e. The molecule has 0 aromatic carbocycles. The van der Waals surface area contributed by atoms with Crippen molar-refractivity contribution in [3.05, 3.63) is 0 Å². The van der Waals surface area contributed by atoms with E-state index in [-0.39, 0.29) is 6.42 Å². The van der Waals surface area contributed by atoms with E-state index in [0.717, 1.165) is 25.7 Å². The lowest BCUT2D eigenvalue weighted by Crippen LogP contribution is -2.31. The van der Waals surface area contributed by atoms with Crippen LogP contribution >= 0.6 is 0 Å². The van der Waals surface area contributed by atoms with Crippen molar-refractivity contribution in [2.45, 2.75) is 83.5 Å². The highest BCUT2D eigenvalue weighted by molar-refractivity contribution is 5.74. The molecule has 0 saturated heterocycles. The minimum absolute atomic E-state index is 0.0784. The molecule has 1 aliphatic rings. The molecule has 20 heavy (non-hydrogen) atoms. The SMILES string of the molecule is O=C(O)CCCC1(C(=O)O)CCCCCCCCCC1. The Kier molecular flexibility index (Phi) is 7.63. The van der Waals surface area contributed by atoms with E-state index in [1.165, 1.54) is 25.7 Å². The summed E-state index contributed by atoms with van der Waals surface area (Å²) in [6, 6.07) is 0. The molecule has 116 valence electrons. The molecule has 4 heteroatoms. The van der Waals surface area contributed by atoms with Gasteiger partial charge in [-0.2, -0.15) is 0 Å². The lowest BCUT2D eigenvalue weighted by molar-refractivity contribution is -0.151. The van der Waals surface area contributed by atoms with Crippen molar-refractivity contribution in [2.24, 2.45) is 5.41 Å². The maximum Gasteiger partial charge on any atom is 0.309 e. The van der Waals surface area contributed by atoms with Gasteiger partial charge >= 0.3 is 11.9 Å². The Morgan fingerprint density at radius 3 is 1.65 bits per heavy atom.